The molecule has 0 bridgehead atoms. The molecule has 2 aliphatic rings. The average Bonchev–Trinajstić information content (AvgIpc) is 2.76. The Labute approximate surface area is 179 Å². The van der Waals surface area contributed by atoms with Gasteiger partial charge in [0.2, 0.25) is 5.91 Å². The second kappa shape index (κ2) is 8.08. The fourth-order valence-electron chi connectivity index (χ4n) is 4.40. The van der Waals surface area contributed by atoms with E-state index in [9.17, 15) is 10.1 Å². The van der Waals surface area contributed by atoms with Gasteiger partial charge in [0.05, 0.1) is 22.2 Å². The molecule has 30 heavy (non-hydrogen) atoms. The Bertz CT molecular complexity index is 1100. The number of hydrogen-bond acceptors (Lipinski definition) is 4. The van der Waals surface area contributed by atoms with Crippen molar-refractivity contribution in [3.8, 4) is 11.8 Å². The number of pyridine rings is 1. The molecule has 1 amide bonds. The first-order valence-corrected chi connectivity index (χ1v) is 10.3. The zero-order chi connectivity index (χ0) is 21.3. The molecule has 2 aromatic rings. The summed E-state index contributed by atoms with van der Waals surface area (Å²) in [6.45, 7) is 0. The summed E-state index contributed by atoms with van der Waals surface area (Å²) in [4.78, 5) is 15.8. The Morgan fingerprint density at radius 3 is 2.73 bits per heavy atom. The number of carbonyl (C=O) groups is 1. The molecule has 0 saturated heterocycles. The van der Waals surface area contributed by atoms with E-state index in [1.165, 1.54) is 12.2 Å². The minimum atomic E-state index is -1.77. The number of hydrogen-bond donors (Lipinski definition) is 1. The summed E-state index contributed by atoms with van der Waals surface area (Å²) < 4.78 is 22.0. The molecular formula is C23H21ClFN3O2. The van der Waals surface area contributed by atoms with Gasteiger partial charge in [0.25, 0.3) is 0 Å². The van der Waals surface area contributed by atoms with E-state index in [2.05, 4.69) is 11.1 Å². The van der Waals surface area contributed by atoms with Gasteiger partial charge in [-0.05, 0) is 55.9 Å². The van der Waals surface area contributed by atoms with Gasteiger partial charge in [-0.2, -0.15) is 5.26 Å². The van der Waals surface area contributed by atoms with Crippen LogP contribution in [0.5, 0.6) is 5.75 Å². The third-order valence-electron chi connectivity index (χ3n) is 6.06. The first-order chi connectivity index (χ1) is 14.4. The number of alkyl halides is 1. The van der Waals surface area contributed by atoms with Crippen LogP contribution in [-0.4, -0.2) is 22.7 Å². The van der Waals surface area contributed by atoms with Crippen LogP contribution < -0.4 is 10.5 Å². The fraction of sp³-hybridized carbons (Fsp3) is 0.348. The van der Waals surface area contributed by atoms with Crippen LogP contribution in [0.15, 0.2) is 53.2 Å². The molecule has 0 spiro atoms. The number of benzene rings is 1. The van der Waals surface area contributed by atoms with E-state index in [4.69, 9.17) is 22.1 Å². The Morgan fingerprint density at radius 2 is 2.03 bits per heavy atom. The number of carbonyl (C=O) groups excluding carboxylic acids is 1. The van der Waals surface area contributed by atoms with E-state index < -0.39 is 11.6 Å². The number of nitrogens with two attached hydrogens (primary N) is 1. The van der Waals surface area contributed by atoms with Crippen molar-refractivity contribution in [1.29, 1.82) is 5.26 Å². The van der Waals surface area contributed by atoms with Crippen molar-refractivity contribution in [1.82, 2.24) is 4.98 Å². The molecule has 1 aromatic carbocycles. The molecule has 2 N–H and O–H groups in total. The Balaban J connectivity index is 1.47. The summed E-state index contributed by atoms with van der Waals surface area (Å²) in [5.74, 6) is -0.246. The van der Waals surface area contributed by atoms with Crippen molar-refractivity contribution < 1.29 is 13.9 Å². The molecule has 2 aliphatic carbocycles. The second-order valence-corrected chi connectivity index (χ2v) is 8.23. The Kier molecular flexibility index (Phi) is 5.48. The zero-order valence-electron chi connectivity index (χ0n) is 16.3. The van der Waals surface area contributed by atoms with Crippen molar-refractivity contribution in [3.63, 3.8) is 0 Å². The molecule has 1 heterocycles. The molecule has 1 unspecified atom stereocenters. The first kappa shape index (κ1) is 20.4. The van der Waals surface area contributed by atoms with Gasteiger partial charge in [-0.1, -0.05) is 23.7 Å². The maximum Gasteiger partial charge on any atom is 0.244 e. The molecule has 1 fully saturated rings. The highest BCUT2D eigenvalue weighted by Crippen LogP contribution is 2.47. The minimum Gasteiger partial charge on any atom is -0.490 e. The number of para-hydroxylation sites is 1. The third kappa shape index (κ3) is 3.66. The van der Waals surface area contributed by atoms with Crippen molar-refractivity contribution in [2.24, 2.45) is 11.7 Å². The summed E-state index contributed by atoms with van der Waals surface area (Å²) in [7, 11) is 0. The summed E-state index contributed by atoms with van der Waals surface area (Å²) >= 11 is 6.21. The van der Waals surface area contributed by atoms with E-state index in [-0.39, 0.29) is 29.0 Å². The van der Waals surface area contributed by atoms with Crippen LogP contribution >= 0.6 is 11.6 Å². The highest BCUT2D eigenvalue weighted by atomic mass is 35.5. The number of ether oxygens (including phenoxy) is 1. The lowest BCUT2D eigenvalue weighted by Gasteiger charge is -2.39. The molecule has 154 valence electrons. The fourth-order valence-corrected chi connectivity index (χ4v) is 4.69. The largest absolute Gasteiger partial charge is 0.490 e. The van der Waals surface area contributed by atoms with Gasteiger partial charge in [-0.25, -0.2) is 4.39 Å². The van der Waals surface area contributed by atoms with E-state index in [0.717, 1.165) is 5.39 Å². The molecule has 1 saturated carbocycles. The van der Waals surface area contributed by atoms with E-state index >= 15 is 4.39 Å². The maximum absolute atomic E-state index is 15.8. The Morgan fingerprint density at radius 1 is 1.27 bits per heavy atom. The average molecular weight is 426 g/mol. The molecule has 5 nitrogen and oxygen atoms in total. The van der Waals surface area contributed by atoms with Crippen LogP contribution in [0.1, 0.15) is 37.7 Å². The van der Waals surface area contributed by atoms with Gasteiger partial charge < -0.3 is 10.5 Å². The van der Waals surface area contributed by atoms with Crippen molar-refractivity contribution in [2.45, 2.75) is 43.9 Å². The van der Waals surface area contributed by atoms with Crippen LogP contribution in [0.2, 0.25) is 0 Å². The standard InChI is InChI=1S/C23H21ClFN3O2/c24-20-9-4-14(22(27)29)12-23(20,25)16-5-7-17(8-6-16)30-19-10-11-28-21-15(13-26)2-1-3-18(19)21/h1-4,9-11,16-17H,5-8,12H2,(H2,27,29). The molecular weight excluding hydrogens is 405 g/mol. The maximum atomic E-state index is 15.8. The molecule has 4 rings (SSSR count). The predicted molar refractivity (Wildman–Crippen MR) is 113 cm³/mol. The molecule has 0 aliphatic heterocycles. The minimum absolute atomic E-state index is 0.0707. The topological polar surface area (TPSA) is 89.0 Å². The lowest BCUT2D eigenvalue weighted by Crippen LogP contribution is -2.41. The smallest absolute Gasteiger partial charge is 0.244 e. The highest BCUT2D eigenvalue weighted by Gasteiger charge is 2.46. The summed E-state index contributed by atoms with van der Waals surface area (Å²) in [5.41, 5.74) is 4.95. The lowest BCUT2D eigenvalue weighted by atomic mass is 9.72. The highest BCUT2D eigenvalue weighted by molar-refractivity contribution is 6.31. The van der Waals surface area contributed by atoms with Crippen molar-refractivity contribution in [3.05, 3.63) is 58.8 Å². The zero-order valence-corrected chi connectivity index (χ0v) is 17.0. The van der Waals surface area contributed by atoms with E-state index in [0.29, 0.717) is 42.5 Å². The summed E-state index contributed by atoms with van der Waals surface area (Å²) in [5, 5.41) is 10.2. The second-order valence-electron chi connectivity index (χ2n) is 7.82. The van der Waals surface area contributed by atoms with E-state index in [1.54, 1.807) is 24.4 Å². The van der Waals surface area contributed by atoms with Crippen molar-refractivity contribution >= 4 is 28.4 Å². The Hall–Kier alpha value is -2.91. The van der Waals surface area contributed by atoms with Crippen LogP contribution in [0.4, 0.5) is 4.39 Å². The SMILES string of the molecule is N#Cc1cccc2c(OC3CCC(C4(F)CC(C(N)=O)=CC=C4Cl)CC3)ccnc12. The molecule has 7 heteroatoms. The normalized spacial score (nSPS) is 26.4. The number of fused-ring (bicyclic) bond motifs is 1. The number of allylic oxidation sites excluding steroid dienone is 3. The monoisotopic (exact) mass is 425 g/mol. The number of rotatable bonds is 4. The molecule has 1 aromatic heterocycles. The van der Waals surface area contributed by atoms with Gasteiger partial charge in [-0.15, -0.1) is 0 Å². The van der Waals surface area contributed by atoms with Crippen LogP contribution in [0.25, 0.3) is 10.9 Å². The number of nitriles is 1. The van der Waals surface area contributed by atoms with Crippen LogP contribution in [0.3, 0.4) is 0 Å². The quantitative estimate of drug-likeness (QED) is 0.769. The first-order valence-electron chi connectivity index (χ1n) is 9.92. The van der Waals surface area contributed by atoms with Crippen LogP contribution in [-0.2, 0) is 4.79 Å². The van der Waals surface area contributed by atoms with Crippen LogP contribution in [0, 0.1) is 17.2 Å². The van der Waals surface area contributed by atoms with Gasteiger partial charge >= 0.3 is 0 Å². The van der Waals surface area contributed by atoms with Crippen molar-refractivity contribution in [2.75, 3.05) is 0 Å². The van der Waals surface area contributed by atoms with Gasteiger partial charge in [0.1, 0.15) is 11.8 Å². The van der Waals surface area contributed by atoms with Gasteiger partial charge in [-0.3, -0.25) is 9.78 Å². The van der Waals surface area contributed by atoms with E-state index in [1.807, 2.05) is 6.07 Å². The lowest BCUT2D eigenvalue weighted by molar-refractivity contribution is -0.115. The number of halogens is 2. The van der Waals surface area contributed by atoms with Gasteiger partial charge in [0.15, 0.2) is 5.67 Å². The number of amides is 1. The molecule has 0 radical (unpaired) electrons. The van der Waals surface area contributed by atoms with Gasteiger partial charge in [0, 0.05) is 23.6 Å². The number of aromatic nitrogens is 1. The summed E-state index contributed by atoms with van der Waals surface area (Å²) in [6.07, 6.45) is 6.93. The summed E-state index contributed by atoms with van der Waals surface area (Å²) in [6, 6.07) is 9.35. The third-order valence-corrected chi connectivity index (χ3v) is 6.50. The number of primary amides is 1. The molecule has 1 atom stereocenters. The number of nitrogens with zero attached hydrogens (tertiary/aromatic N) is 2. The predicted octanol–water partition coefficient (Wildman–Crippen LogP) is 4.69.